The van der Waals surface area contributed by atoms with Gasteiger partial charge in [-0.1, -0.05) is 6.07 Å². The van der Waals surface area contributed by atoms with Crippen LogP contribution in [-0.4, -0.2) is 23.0 Å². The summed E-state index contributed by atoms with van der Waals surface area (Å²) in [6.45, 7) is 4.17. The van der Waals surface area contributed by atoms with Crippen LogP contribution in [0.5, 0.6) is 11.5 Å². The lowest BCUT2D eigenvalue weighted by Crippen LogP contribution is -2.20. The van der Waals surface area contributed by atoms with Gasteiger partial charge in [0.2, 0.25) is 0 Å². The normalized spacial score (nSPS) is 15.1. The summed E-state index contributed by atoms with van der Waals surface area (Å²) in [5.74, 6) is 1.67. The third-order valence-corrected chi connectivity index (χ3v) is 3.58. The first-order valence-electron chi connectivity index (χ1n) is 6.84. The van der Waals surface area contributed by atoms with Crippen LogP contribution in [0.2, 0.25) is 0 Å². The Kier molecular flexibility index (Phi) is 3.60. The van der Waals surface area contributed by atoms with E-state index in [9.17, 15) is 0 Å². The molecular formula is C15H19N3O2. The summed E-state index contributed by atoms with van der Waals surface area (Å²) in [7, 11) is 1.95. The topological polar surface area (TPSA) is 48.3 Å². The van der Waals surface area contributed by atoms with Gasteiger partial charge in [-0.3, -0.25) is 4.68 Å². The van der Waals surface area contributed by atoms with Crippen molar-refractivity contribution in [3.05, 3.63) is 41.7 Å². The van der Waals surface area contributed by atoms with Gasteiger partial charge in [-0.05, 0) is 30.7 Å². The molecule has 1 aliphatic heterocycles. The molecule has 2 aromatic rings. The summed E-state index contributed by atoms with van der Waals surface area (Å²) in [6, 6.07) is 8.36. The molecule has 2 heterocycles. The third-order valence-electron chi connectivity index (χ3n) is 3.58. The van der Waals surface area contributed by atoms with Crippen molar-refractivity contribution in [2.45, 2.75) is 19.5 Å². The molecule has 5 heteroatoms. The molecule has 0 radical (unpaired) electrons. The molecule has 0 bridgehead atoms. The van der Waals surface area contributed by atoms with Crippen molar-refractivity contribution in [2.24, 2.45) is 7.05 Å². The van der Waals surface area contributed by atoms with Crippen LogP contribution in [0, 0.1) is 0 Å². The Morgan fingerprint density at radius 1 is 1.25 bits per heavy atom. The maximum Gasteiger partial charge on any atom is 0.161 e. The number of nitrogens with zero attached hydrogens (tertiary/aromatic N) is 2. The van der Waals surface area contributed by atoms with Crippen LogP contribution in [0.3, 0.4) is 0 Å². The quantitative estimate of drug-likeness (QED) is 0.926. The van der Waals surface area contributed by atoms with Crippen molar-refractivity contribution in [1.29, 1.82) is 0 Å². The second-order valence-electron chi connectivity index (χ2n) is 4.95. The summed E-state index contributed by atoms with van der Waals surface area (Å²) < 4.78 is 13.0. The zero-order valence-corrected chi connectivity index (χ0v) is 11.8. The van der Waals surface area contributed by atoms with Gasteiger partial charge in [0, 0.05) is 25.8 Å². The molecule has 1 aromatic heterocycles. The lowest BCUT2D eigenvalue weighted by molar-refractivity contribution is 0.171. The van der Waals surface area contributed by atoms with Gasteiger partial charge in [0.15, 0.2) is 11.5 Å². The molecule has 0 saturated heterocycles. The van der Waals surface area contributed by atoms with Gasteiger partial charge in [0.05, 0.1) is 5.69 Å². The van der Waals surface area contributed by atoms with E-state index in [1.165, 1.54) is 5.56 Å². The molecule has 0 fully saturated rings. The minimum atomic E-state index is 0.237. The molecule has 0 aliphatic carbocycles. The molecule has 5 nitrogen and oxygen atoms in total. The zero-order valence-electron chi connectivity index (χ0n) is 11.8. The smallest absolute Gasteiger partial charge is 0.161 e. The molecule has 1 aliphatic rings. The predicted octanol–water partition coefficient (Wildman–Crippen LogP) is 2.04. The van der Waals surface area contributed by atoms with Crippen LogP contribution >= 0.6 is 0 Å². The van der Waals surface area contributed by atoms with Crippen LogP contribution in [0.4, 0.5) is 0 Å². The molecule has 1 N–H and O–H groups in total. The Labute approximate surface area is 118 Å². The fourth-order valence-corrected chi connectivity index (χ4v) is 2.28. The van der Waals surface area contributed by atoms with Gasteiger partial charge in [0.1, 0.15) is 13.2 Å². The van der Waals surface area contributed by atoms with Crippen LogP contribution in [0.1, 0.15) is 24.2 Å². The van der Waals surface area contributed by atoms with Crippen LogP contribution in [0.15, 0.2) is 30.5 Å². The zero-order chi connectivity index (χ0) is 13.9. The Balaban J connectivity index is 1.67. The minimum absolute atomic E-state index is 0.237. The van der Waals surface area contributed by atoms with Crippen molar-refractivity contribution >= 4 is 0 Å². The average Bonchev–Trinajstić information content (AvgIpc) is 2.89. The van der Waals surface area contributed by atoms with Gasteiger partial charge < -0.3 is 14.8 Å². The molecule has 0 spiro atoms. The Morgan fingerprint density at radius 3 is 2.80 bits per heavy atom. The maximum absolute atomic E-state index is 5.62. The highest BCUT2D eigenvalue weighted by molar-refractivity contribution is 5.44. The number of ether oxygens (including phenoxy) is 2. The number of hydrogen-bond acceptors (Lipinski definition) is 4. The van der Waals surface area contributed by atoms with Gasteiger partial charge >= 0.3 is 0 Å². The van der Waals surface area contributed by atoms with E-state index in [4.69, 9.17) is 9.47 Å². The Hall–Kier alpha value is -2.01. The van der Waals surface area contributed by atoms with Crippen LogP contribution < -0.4 is 14.8 Å². The Morgan fingerprint density at radius 2 is 2.05 bits per heavy atom. The van der Waals surface area contributed by atoms with Gasteiger partial charge in [-0.15, -0.1) is 0 Å². The standard InChI is InChI=1S/C15H19N3O2/c1-11(16-10-13-5-6-17-18(13)2)12-3-4-14-15(9-12)20-8-7-19-14/h3-6,9,11,16H,7-8,10H2,1-2H3. The van der Waals surface area contributed by atoms with E-state index >= 15 is 0 Å². The molecule has 1 unspecified atom stereocenters. The van der Waals surface area contributed by atoms with Gasteiger partial charge in [0.25, 0.3) is 0 Å². The largest absolute Gasteiger partial charge is 0.486 e. The van der Waals surface area contributed by atoms with Crippen molar-refractivity contribution in [1.82, 2.24) is 15.1 Å². The first kappa shape index (κ1) is 13.0. The fraction of sp³-hybridized carbons (Fsp3) is 0.400. The fourth-order valence-electron chi connectivity index (χ4n) is 2.28. The lowest BCUT2D eigenvalue weighted by atomic mass is 10.1. The molecule has 3 rings (SSSR count). The third kappa shape index (κ3) is 2.63. The summed E-state index contributed by atoms with van der Waals surface area (Å²) in [4.78, 5) is 0. The highest BCUT2D eigenvalue weighted by Crippen LogP contribution is 2.32. The number of aryl methyl sites for hydroxylation is 1. The molecule has 106 valence electrons. The van der Waals surface area contributed by atoms with E-state index in [1.807, 2.05) is 30.1 Å². The van der Waals surface area contributed by atoms with Crippen molar-refractivity contribution in [3.63, 3.8) is 0 Å². The van der Waals surface area contributed by atoms with Gasteiger partial charge in [-0.25, -0.2) is 0 Å². The summed E-state index contributed by atoms with van der Waals surface area (Å²) in [5, 5.41) is 7.66. The minimum Gasteiger partial charge on any atom is -0.486 e. The maximum atomic E-state index is 5.62. The van der Waals surface area contributed by atoms with Crippen molar-refractivity contribution in [3.8, 4) is 11.5 Å². The first-order valence-corrected chi connectivity index (χ1v) is 6.84. The molecule has 1 atom stereocenters. The van der Waals surface area contributed by atoms with E-state index < -0.39 is 0 Å². The second kappa shape index (κ2) is 5.54. The number of rotatable bonds is 4. The lowest BCUT2D eigenvalue weighted by Gasteiger charge is -2.21. The van der Waals surface area contributed by atoms with Crippen LogP contribution in [-0.2, 0) is 13.6 Å². The summed E-state index contributed by atoms with van der Waals surface area (Å²) in [6.07, 6.45) is 1.81. The number of benzene rings is 1. The SMILES string of the molecule is CC(NCc1ccnn1C)c1ccc2c(c1)OCCO2. The molecular weight excluding hydrogens is 254 g/mol. The van der Waals surface area contributed by atoms with E-state index in [-0.39, 0.29) is 6.04 Å². The summed E-state index contributed by atoms with van der Waals surface area (Å²) in [5.41, 5.74) is 2.35. The number of fused-ring (bicyclic) bond motifs is 1. The Bertz CT molecular complexity index is 595. The molecule has 20 heavy (non-hydrogen) atoms. The molecule has 0 saturated carbocycles. The number of nitrogens with one attached hydrogen (secondary N) is 1. The predicted molar refractivity (Wildman–Crippen MR) is 75.9 cm³/mol. The van der Waals surface area contributed by atoms with Gasteiger partial charge in [-0.2, -0.15) is 5.10 Å². The number of hydrogen-bond donors (Lipinski definition) is 1. The molecule has 1 aromatic carbocycles. The van der Waals surface area contributed by atoms with Crippen molar-refractivity contribution < 1.29 is 9.47 Å². The van der Waals surface area contributed by atoms with Crippen LogP contribution in [0.25, 0.3) is 0 Å². The molecule has 0 amide bonds. The van der Waals surface area contributed by atoms with Crippen molar-refractivity contribution in [2.75, 3.05) is 13.2 Å². The van der Waals surface area contributed by atoms with E-state index in [2.05, 4.69) is 29.5 Å². The monoisotopic (exact) mass is 273 g/mol. The van der Waals surface area contributed by atoms with E-state index in [1.54, 1.807) is 0 Å². The average molecular weight is 273 g/mol. The van der Waals surface area contributed by atoms with E-state index in [0.717, 1.165) is 23.7 Å². The number of aromatic nitrogens is 2. The second-order valence-corrected chi connectivity index (χ2v) is 4.95. The summed E-state index contributed by atoms with van der Waals surface area (Å²) >= 11 is 0. The highest BCUT2D eigenvalue weighted by atomic mass is 16.6. The van der Waals surface area contributed by atoms with E-state index in [0.29, 0.717) is 13.2 Å². The highest BCUT2D eigenvalue weighted by Gasteiger charge is 2.14. The first-order chi connectivity index (χ1) is 9.74.